The van der Waals surface area contributed by atoms with Crippen LogP contribution in [0.3, 0.4) is 0 Å². The molecule has 0 aliphatic heterocycles. The number of hydrogen-bond acceptors (Lipinski definition) is 4. The summed E-state index contributed by atoms with van der Waals surface area (Å²) in [7, 11) is -3.39. The van der Waals surface area contributed by atoms with Gasteiger partial charge in [0.05, 0.1) is 5.75 Å². The zero-order chi connectivity index (χ0) is 15.9. The largest absolute Gasteiger partial charge is 0.369 e. The average molecular weight is 314 g/mol. The second kappa shape index (κ2) is 7.72. The van der Waals surface area contributed by atoms with Crippen LogP contribution in [0, 0.1) is 0 Å². The molecule has 0 aliphatic rings. The Kier molecular flexibility index (Phi) is 6.29. The summed E-state index contributed by atoms with van der Waals surface area (Å²) in [5.41, 5.74) is 10.5. The molecule has 0 atom stereocenters. The minimum Gasteiger partial charge on any atom is -0.369 e. The lowest BCUT2D eigenvalue weighted by Gasteiger charge is -2.02. The molecule has 1 aromatic heterocycles. The molecular weight excluding hydrogens is 294 g/mol. The van der Waals surface area contributed by atoms with E-state index < -0.39 is 27.4 Å². The topological polar surface area (TPSA) is 124 Å². The predicted octanol–water partition coefficient (Wildman–Crippen LogP) is -0.857. The van der Waals surface area contributed by atoms with Crippen LogP contribution < -0.4 is 16.0 Å². The first-order chi connectivity index (χ1) is 9.80. The standard InChI is InChI=1S/C13H19N3O4S/c14-12(17)10-21(19,20)8-3-1-2-6-16-7-4-5-11(9-16)13(15)18/h4-5,7,9H,1-3,6,8,10H2,(H3-,14,15,17,18)/p+1. The van der Waals surface area contributed by atoms with E-state index in [1.165, 1.54) is 0 Å². The van der Waals surface area contributed by atoms with Gasteiger partial charge in [-0.1, -0.05) is 0 Å². The minimum atomic E-state index is -3.39. The van der Waals surface area contributed by atoms with Gasteiger partial charge in [0.2, 0.25) is 5.91 Å². The fraction of sp³-hybridized carbons (Fsp3) is 0.462. The molecule has 0 fully saturated rings. The number of nitrogens with zero attached hydrogens (tertiary/aromatic N) is 1. The first kappa shape index (κ1) is 17.1. The first-order valence-electron chi connectivity index (χ1n) is 6.58. The summed E-state index contributed by atoms with van der Waals surface area (Å²) in [4.78, 5) is 21.6. The highest BCUT2D eigenvalue weighted by Crippen LogP contribution is 2.01. The van der Waals surface area contributed by atoms with Crippen molar-refractivity contribution in [3.05, 3.63) is 30.1 Å². The van der Waals surface area contributed by atoms with Gasteiger partial charge in [-0.2, -0.15) is 0 Å². The molecule has 0 saturated carbocycles. The third kappa shape index (κ3) is 6.84. The van der Waals surface area contributed by atoms with E-state index in [1.807, 2.05) is 10.8 Å². The van der Waals surface area contributed by atoms with Crippen LogP contribution in [0.1, 0.15) is 29.6 Å². The SMILES string of the molecule is NC(=O)CS(=O)(=O)CCCCC[n+]1cccc(C(N)=O)c1. The molecule has 0 spiro atoms. The number of primary amides is 2. The number of carbonyl (C=O) groups is 2. The van der Waals surface area contributed by atoms with Gasteiger partial charge in [-0.15, -0.1) is 0 Å². The van der Waals surface area contributed by atoms with Gasteiger partial charge in [0, 0.05) is 12.5 Å². The van der Waals surface area contributed by atoms with Crippen LogP contribution in [0.5, 0.6) is 0 Å². The number of aromatic nitrogens is 1. The zero-order valence-electron chi connectivity index (χ0n) is 11.7. The van der Waals surface area contributed by atoms with Gasteiger partial charge in [-0.05, 0) is 18.9 Å². The van der Waals surface area contributed by atoms with Gasteiger partial charge in [0.1, 0.15) is 17.9 Å². The van der Waals surface area contributed by atoms with Crippen molar-refractivity contribution < 1.29 is 22.6 Å². The van der Waals surface area contributed by atoms with Gasteiger partial charge in [0.25, 0.3) is 5.91 Å². The van der Waals surface area contributed by atoms with E-state index in [4.69, 9.17) is 11.5 Å². The van der Waals surface area contributed by atoms with E-state index in [0.717, 1.165) is 6.42 Å². The fourth-order valence-electron chi connectivity index (χ4n) is 1.89. The Labute approximate surface area is 123 Å². The van der Waals surface area contributed by atoms with E-state index in [9.17, 15) is 18.0 Å². The second-order valence-corrected chi connectivity index (χ2v) is 7.00. The van der Waals surface area contributed by atoms with Crippen molar-refractivity contribution in [2.45, 2.75) is 25.8 Å². The first-order valence-corrected chi connectivity index (χ1v) is 8.40. The summed E-state index contributed by atoms with van der Waals surface area (Å²) in [6.07, 6.45) is 5.42. The van der Waals surface area contributed by atoms with E-state index in [0.29, 0.717) is 24.9 Å². The molecule has 1 aromatic rings. The maximum absolute atomic E-state index is 11.4. The number of amides is 2. The molecule has 1 rings (SSSR count). The van der Waals surface area contributed by atoms with Gasteiger partial charge in [-0.3, -0.25) is 9.59 Å². The molecule has 8 heteroatoms. The van der Waals surface area contributed by atoms with Gasteiger partial charge < -0.3 is 11.5 Å². The number of unbranched alkanes of at least 4 members (excludes halogenated alkanes) is 2. The Hall–Kier alpha value is -1.96. The summed E-state index contributed by atoms with van der Waals surface area (Å²) in [6.45, 7) is 0.664. The Bertz CT molecular complexity index is 614. The van der Waals surface area contributed by atoms with E-state index in [1.54, 1.807) is 18.3 Å². The van der Waals surface area contributed by atoms with Crippen molar-refractivity contribution in [3.8, 4) is 0 Å². The Morgan fingerprint density at radius 1 is 1.14 bits per heavy atom. The van der Waals surface area contributed by atoms with Gasteiger partial charge in [-0.25, -0.2) is 13.0 Å². The molecule has 0 saturated heterocycles. The average Bonchev–Trinajstić information content (AvgIpc) is 2.37. The molecule has 0 aliphatic carbocycles. The van der Waals surface area contributed by atoms with Crippen LogP contribution in [-0.4, -0.2) is 31.7 Å². The van der Waals surface area contributed by atoms with Crippen molar-refractivity contribution in [2.75, 3.05) is 11.5 Å². The van der Waals surface area contributed by atoms with Crippen LogP contribution in [0.15, 0.2) is 24.5 Å². The number of sulfone groups is 1. The van der Waals surface area contributed by atoms with Crippen LogP contribution in [0.4, 0.5) is 0 Å². The highest BCUT2D eigenvalue weighted by atomic mass is 32.2. The molecule has 0 aromatic carbocycles. The van der Waals surface area contributed by atoms with Crippen molar-refractivity contribution in [1.29, 1.82) is 0 Å². The summed E-state index contributed by atoms with van der Waals surface area (Å²) in [6, 6.07) is 3.37. The number of carbonyl (C=O) groups excluding carboxylic acids is 2. The Morgan fingerprint density at radius 3 is 2.48 bits per heavy atom. The minimum absolute atomic E-state index is 0.0397. The third-order valence-electron chi connectivity index (χ3n) is 2.88. The molecule has 2 amide bonds. The smallest absolute Gasteiger partial charge is 0.254 e. The lowest BCUT2D eigenvalue weighted by atomic mass is 10.2. The summed E-state index contributed by atoms with van der Waals surface area (Å²) in [5.74, 6) is -1.94. The van der Waals surface area contributed by atoms with Crippen LogP contribution in [0.25, 0.3) is 0 Å². The normalized spacial score (nSPS) is 11.2. The predicted molar refractivity (Wildman–Crippen MR) is 76.9 cm³/mol. The number of aryl methyl sites for hydroxylation is 1. The zero-order valence-corrected chi connectivity index (χ0v) is 12.5. The lowest BCUT2D eigenvalue weighted by Crippen LogP contribution is -2.34. The molecule has 0 radical (unpaired) electrons. The van der Waals surface area contributed by atoms with Crippen molar-refractivity contribution >= 4 is 21.7 Å². The lowest BCUT2D eigenvalue weighted by molar-refractivity contribution is -0.697. The number of rotatable bonds is 9. The molecule has 21 heavy (non-hydrogen) atoms. The molecule has 0 bridgehead atoms. The molecule has 116 valence electrons. The van der Waals surface area contributed by atoms with Crippen molar-refractivity contribution in [2.24, 2.45) is 11.5 Å². The molecule has 0 unspecified atom stereocenters. The maximum atomic E-state index is 11.4. The summed E-state index contributed by atoms with van der Waals surface area (Å²) in [5, 5.41) is 0. The maximum Gasteiger partial charge on any atom is 0.254 e. The van der Waals surface area contributed by atoms with Crippen LogP contribution >= 0.6 is 0 Å². The number of hydrogen-bond donors (Lipinski definition) is 2. The third-order valence-corrected chi connectivity index (χ3v) is 4.51. The van der Waals surface area contributed by atoms with Gasteiger partial charge in [0.15, 0.2) is 22.2 Å². The molecular formula is C13H20N3O4S+. The van der Waals surface area contributed by atoms with E-state index >= 15 is 0 Å². The van der Waals surface area contributed by atoms with E-state index in [2.05, 4.69) is 0 Å². The van der Waals surface area contributed by atoms with Crippen LogP contribution in [0.2, 0.25) is 0 Å². The monoisotopic (exact) mass is 314 g/mol. The summed E-state index contributed by atoms with van der Waals surface area (Å²) >= 11 is 0. The quantitative estimate of drug-likeness (QED) is 0.454. The highest BCUT2D eigenvalue weighted by molar-refractivity contribution is 7.92. The fourth-order valence-corrected chi connectivity index (χ4v) is 3.11. The number of nitrogens with two attached hydrogens (primary N) is 2. The molecule has 4 N–H and O–H groups in total. The van der Waals surface area contributed by atoms with Crippen molar-refractivity contribution in [3.63, 3.8) is 0 Å². The highest BCUT2D eigenvalue weighted by Gasteiger charge is 2.14. The second-order valence-electron chi connectivity index (χ2n) is 4.81. The number of pyridine rings is 1. The van der Waals surface area contributed by atoms with Crippen LogP contribution in [-0.2, 0) is 21.2 Å². The molecule has 7 nitrogen and oxygen atoms in total. The van der Waals surface area contributed by atoms with Crippen molar-refractivity contribution in [1.82, 2.24) is 0 Å². The summed E-state index contributed by atoms with van der Waals surface area (Å²) < 4.78 is 24.7. The molecule has 1 heterocycles. The Morgan fingerprint density at radius 2 is 1.86 bits per heavy atom. The van der Waals surface area contributed by atoms with E-state index in [-0.39, 0.29) is 5.75 Å². The van der Waals surface area contributed by atoms with Gasteiger partial charge >= 0.3 is 0 Å². The Balaban J connectivity index is 2.33.